The molecule has 3 aromatic carbocycles. The molecule has 1 amide bonds. The zero-order valence-corrected chi connectivity index (χ0v) is 19.7. The molecule has 3 aromatic rings. The fourth-order valence-electron chi connectivity index (χ4n) is 3.78. The van der Waals surface area contributed by atoms with Crippen molar-refractivity contribution in [1.82, 2.24) is 5.43 Å². The topological polar surface area (TPSA) is 61.7 Å². The van der Waals surface area contributed by atoms with E-state index < -0.39 is 0 Å². The minimum absolute atomic E-state index is 0.117. The Bertz CT molecular complexity index is 1030. The number of halogens is 2. The number of phenols is 1. The molecule has 0 unspecified atom stereocenters. The summed E-state index contributed by atoms with van der Waals surface area (Å²) in [7, 11) is 0. The lowest BCUT2D eigenvalue weighted by atomic mass is 9.85. The molecule has 1 fully saturated rings. The number of aromatic hydroxyl groups is 1. The second-order valence-electron chi connectivity index (χ2n) is 7.02. The van der Waals surface area contributed by atoms with Crippen LogP contribution in [0.15, 0.2) is 77.9 Å². The monoisotopic (exact) mass is 608 g/mol. The molecule has 4 rings (SSSR count). The lowest BCUT2D eigenvalue weighted by Crippen LogP contribution is -2.25. The van der Waals surface area contributed by atoms with Crippen LogP contribution in [0.25, 0.3) is 0 Å². The van der Waals surface area contributed by atoms with Gasteiger partial charge in [0.15, 0.2) is 0 Å². The number of hydrogen-bond acceptors (Lipinski definition) is 3. The van der Waals surface area contributed by atoms with Crippen molar-refractivity contribution < 1.29 is 9.90 Å². The molecule has 2 N–H and O–H groups in total. The van der Waals surface area contributed by atoms with Crippen LogP contribution in [0.2, 0.25) is 0 Å². The second kappa shape index (κ2) is 8.43. The van der Waals surface area contributed by atoms with E-state index in [9.17, 15) is 9.90 Å². The van der Waals surface area contributed by atoms with Gasteiger partial charge in [0.25, 0.3) is 0 Å². The fourth-order valence-corrected chi connectivity index (χ4v) is 5.67. The second-order valence-corrected chi connectivity index (χ2v) is 9.43. The number of hydrogen-bond donors (Lipinski definition) is 2. The van der Waals surface area contributed by atoms with Gasteiger partial charge >= 0.3 is 0 Å². The summed E-state index contributed by atoms with van der Waals surface area (Å²) in [6.07, 6.45) is 2.24. The molecule has 1 aliphatic rings. The van der Waals surface area contributed by atoms with Gasteiger partial charge in [0.2, 0.25) is 5.91 Å². The molecule has 29 heavy (non-hydrogen) atoms. The SMILES string of the molecule is O=C(N/N=C\c1cc(I)cc(I)c1O)[C@H]1CC1(c1ccccc1)c1ccccc1. The molecule has 1 atom stereocenters. The molecular formula is C23H18I2N2O2. The van der Waals surface area contributed by atoms with Crippen molar-refractivity contribution in [3.63, 3.8) is 0 Å². The Morgan fingerprint density at radius 3 is 2.21 bits per heavy atom. The van der Waals surface area contributed by atoms with Gasteiger partial charge < -0.3 is 5.11 Å². The van der Waals surface area contributed by atoms with Gasteiger partial charge in [-0.3, -0.25) is 4.79 Å². The zero-order valence-electron chi connectivity index (χ0n) is 15.3. The summed E-state index contributed by atoms with van der Waals surface area (Å²) in [5, 5.41) is 14.3. The molecule has 146 valence electrons. The fraction of sp³-hybridized carbons (Fsp3) is 0.130. The maximum Gasteiger partial charge on any atom is 0.244 e. The Labute approximate surface area is 196 Å². The Hall–Kier alpha value is -1.94. The molecular weight excluding hydrogens is 590 g/mol. The number of carbonyl (C=O) groups is 1. The first kappa shape index (κ1) is 20.3. The van der Waals surface area contributed by atoms with Crippen LogP contribution in [-0.4, -0.2) is 17.2 Å². The Kier molecular flexibility index (Phi) is 5.91. The normalized spacial score (nSPS) is 17.2. The van der Waals surface area contributed by atoms with Crippen LogP contribution in [0.3, 0.4) is 0 Å². The van der Waals surface area contributed by atoms with Gasteiger partial charge in [-0.1, -0.05) is 60.7 Å². The van der Waals surface area contributed by atoms with Crippen molar-refractivity contribution >= 4 is 57.3 Å². The highest BCUT2D eigenvalue weighted by atomic mass is 127. The molecule has 0 radical (unpaired) electrons. The van der Waals surface area contributed by atoms with E-state index in [1.807, 2.05) is 48.5 Å². The number of nitrogens with one attached hydrogen (secondary N) is 1. The van der Waals surface area contributed by atoms with E-state index in [4.69, 9.17) is 0 Å². The predicted octanol–water partition coefficient (Wildman–Crippen LogP) is 5.06. The summed E-state index contributed by atoms with van der Waals surface area (Å²) >= 11 is 4.26. The number of hydrazone groups is 1. The quantitative estimate of drug-likeness (QED) is 0.242. The summed E-state index contributed by atoms with van der Waals surface area (Å²) in [5.74, 6) is -0.138. The van der Waals surface area contributed by atoms with Gasteiger partial charge in [-0.25, -0.2) is 5.43 Å². The average molecular weight is 608 g/mol. The van der Waals surface area contributed by atoms with Crippen molar-refractivity contribution in [2.75, 3.05) is 0 Å². The van der Waals surface area contributed by atoms with Crippen molar-refractivity contribution in [3.05, 3.63) is 96.6 Å². The maximum absolute atomic E-state index is 12.9. The largest absolute Gasteiger partial charge is 0.506 e. The van der Waals surface area contributed by atoms with Gasteiger partial charge in [0.05, 0.1) is 15.7 Å². The van der Waals surface area contributed by atoms with E-state index in [1.54, 1.807) is 0 Å². The molecule has 0 bridgehead atoms. The molecule has 0 heterocycles. The van der Waals surface area contributed by atoms with Crippen molar-refractivity contribution in [1.29, 1.82) is 0 Å². The molecule has 0 saturated heterocycles. The van der Waals surface area contributed by atoms with E-state index in [0.717, 1.165) is 24.7 Å². The van der Waals surface area contributed by atoms with E-state index in [1.165, 1.54) is 6.21 Å². The predicted molar refractivity (Wildman–Crippen MR) is 131 cm³/mol. The molecule has 4 nitrogen and oxygen atoms in total. The van der Waals surface area contributed by atoms with Crippen molar-refractivity contribution in [2.24, 2.45) is 11.0 Å². The standard InChI is InChI=1S/C23H18I2N2O2/c24-18-11-15(21(28)20(25)12-18)14-26-27-22(29)19-13-23(19,16-7-3-1-4-8-16)17-9-5-2-6-10-17/h1-12,14,19,28H,13H2,(H,27,29)/b26-14-/t19-/m1/s1. The molecule has 0 aliphatic heterocycles. The number of carbonyl (C=O) groups excluding carboxylic acids is 1. The highest BCUT2D eigenvalue weighted by Crippen LogP contribution is 2.58. The zero-order chi connectivity index (χ0) is 20.4. The van der Waals surface area contributed by atoms with Crippen LogP contribution in [0.5, 0.6) is 5.75 Å². The van der Waals surface area contributed by atoms with E-state index >= 15 is 0 Å². The molecule has 1 aliphatic carbocycles. The third kappa shape index (κ3) is 4.05. The van der Waals surface area contributed by atoms with Gasteiger partial charge in [0, 0.05) is 14.5 Å². The summed E-state index contributed by atoms with van der Waals surface area (Å²) in [4.78, 5) is 12.9. The average Bonchev–Trinajstić information content (AvgIpc) is 3.50. The van der Waals surface area contributed by atoms with Crippen LogP contribution in [0.1, 0.15) is 23.1 Å². The van der Waals surface area contributed by atoms with Crippen molar-refractivity contribution in [2.45, 2.75) is 11.8 Å². The van der Waals surface area contributed by atoms with Crippen LogP contribution < -0.4 is 5.43 Å². The van der Waals surface area contributed by atoms with E-state index in [-0.39, 0.29) is 23.0 Å². The van der Waals surface area contributed by atoms with Crippen LogP contribution in [-0.2, 0) is 10.2 Å². The lowest BCUT2D eigenvalue weighted by Gasteiger charge is -2.18. The molecule has 1 saturated carbocycles. The number of benzene rings is 3. The number of rotatable bonds is 5. The highest BCUT2D eigenvalue weighted by molar-refractivity contribution is 14.1. The number of amides is 1. The highest BCUT2D eigenvalue weighted by Gasteiger charge is 2.60. The van der Waals surface area contributed by atoms with Crippen LogP contribution in [0, 0.1) is 13.1 Å². The summed E-state index contributed by atoms with van der Waals surface area (Å²) in [5.41, 5.74) is 5.21. The molecule has 0 aromatic heterocycles. The smallest absolute Gasteiger partial charge is 0.244 e. The molecule has 6 heteroatoms. The number of nitrogens with zero attached hydrogens (tertiary/aromatic N) is 1. The third-order valence-corrected chi connectivity index (χ3v) is 6.74. The van der Waals surface area contributed by atoms with Gasteiger partial charge in [-0.05, 0) is 74.9 Å². The minimum atomic E-state index is -0.318. The summed E-state index contributed by atoms with van der Waals surface area (Å²) in [6.45, 7) is 0. The van der Waals surface area contributed by atoms with Crippen molar-refractivity contribution in [3.8, 4) is 5.75 Å². The molecule has 0 spiro atoms. The Morgan fingerprint density at radius 1 is 1.03 bits per heavy atom. The Balaban J connectivity index is 1.55. The maximum atomic E-state index is 12.9. The summed E-state index contributed by atoms with van der Waals surface area (Å²) in [6, 6.07) is 24.0. The third-order valence-electron chi connectivity index (χ3n) is 5.29. The minimum Gasteiger partial charge on any atom is -0.506 e. The van der Waals surface area contributed by atoms with Gasteiger partial charge in [-0.15, -0.1) is 0 Å². The van der Waals surface area contributed by atoms with Gasteiger partial charge in [-0.2, -0.15) is 5.10 Å². The number of phenolic OH excluding ortho intramolecular Hbond substituents is 1. The first-order valence-electron chi connectivity index (χ1n) is 9.14. The lowest BCUT2D eigenvalue weighted by molar-refractivity contribution is -0.122. The van der Waals surface area contributed by atoms with Crippen LogP contribution in [0.4, 0.5) is 0 Å². The van der Waals surface area contributed by atoms with E-state index in [0.29, 0.717) is 5.56 Å². The summed E-state index contributed by atoms with van der Waals surface area (Å²) < 4.78 is 1.74. The van der Waals surface area contributed by atoms with Crippen LogP contribution >= 0.6 is 45.2 Å². The van der Waals surface area contributed by atoms with Gasteiger partial charge in [0.1, 0.15) is 5.75 Å². The first-order valence-corrected chi connectivity index (χ1v) is 11.3. The Morgan fingerprint density at radius 2 is 1.62 bits per heavy atom. The first-order chi connectivity index (χ1) is 14.0. The van der Waals surface area contributed by atoms with E-state index in [2.05, 4.69) is 80.0 Å².